The molecule has 4 saturated heterocycles. The summed E-state index contributed by atoms with van der Waals surface area (Å²) in [6.45, 7) is 20.3. The molecule has 8 N–H and O–H groups in total. The molecule has 15 atom stereocenters. The van der Waals surface area contributed by atoms with Gasteiger partial charge < -0.3 is 36.9 Å². The number of piperazine rings is 1. The number of ether oxygens (including phenoxy) is 2. The number of aliphatic hydroxyl groups excluding tert-OH is 2. The quantitative estimate of drug-likeness (QED) is 0.0566. The van der Waals surface area contributed by atoms with E-state index in [1.165, 1.54) is 49.8 Å². The molecule has 0 aromatic carbocycles. The van der Waals surface area contributed by atoms with Gasteiger partial charge >= 0.3 is 19.0 Å². The van der Waals surface area contributed by atoms with Crippen molar-refractivity contribution in [1.29, 1.82) is 0 Å². The lowest BCUT2D eigenvalue weighted by Crippen LogP contribution is -2.59. The van der Waals surface area contributed by atoms with Crippen LogP contribution in [0, 0.1) is 47.3 Å². The Labute approximate surface area is 572 Å². The Bertz CT molecular complexity index is 3820. The summed E-state index contributed by atoms with van der Waals surface area (Å²) in [4.78, 5) is 21.9. The van der Waals surface area contributed by atoms with E-state index in [0.29, 0.717) is 130 Å². The van der Waals surface area contributed by atoms with Gasteiger partial charge in [-0.05, 0) is 190 Å². The summed E-state index contributed by atoms with van der Waals surface area (Å²) in [6.07, 6.45) is 4.44. The Morgan fingerprint density at radius 2 is 0.848 bits per heavy atom. The van der Waals surface area contributed by atoms with Gasteiger partial charge in [-0.25, -0.2) is 15.0 Å². The number of aliphatic hydroxyl groups is 2. The maximum Gasteiger partial charge on any atom is 0.419 e. The Morgan fingerprint density at radius 3 is 1.20 bits per heavy atom. The Kier molecular flexibility index (Phi) is 19.2. The second-order valence-corrected chi connectivity index (χ2v) is 30.6. The van der Waals surface area contributed by atoms with Crippen LogP contribution in [0.3, 0.4) is 0 Å². The lowest BCUT2D eigenvalue weighted by Gasteiger charge is -2.46. The third-order valence-corrected chi connectivity index (χ3v) is 23.6. The molecule has 0 bridgehead atoms. The Morgan fingerprint density at radius 1 is 0.485 bits per heavy atom. The second kappa shape index (κ2) is 27.3. The van der Waals surface area contributed by atoms with Gasteiger partial charge in [-0.15, -0.1) is 0 Å². The van der Waals surface area contributed by atoms with Crippen molar-refractivity contribution in [2.24, 2.45) is 47.3 Å². The van der Waals surface area contributed by atoms with Gasteiger partial charge in [-0.3, -0.25) is 33.6 Å². The number of rotatable bonds is 16. The van der Waals surface area contributed by atoms with Crippen LogP contribution in [-0.2, 0) is 17.1 Å². The number of morpholine rings is 1. The summed E-state index contributed by atoms with van der Waals surface area (Å²) in [6, 6.07) is 12.4. The van der Waals surface area contributed by atoms with E-state index < -0.39 is 41.7 Å². The molecule has 6 aromatic heterocycles. The minimum Gasteiger partial charge on any atom is -0.431 e. The van der Waals surface area contributed by atoms with Crippen LogP contribution >= 0.6 is 0 Å². The first kappa shape index (κ1) is 69.5. The maximum absolute atomic E-state index is 13.4. The first-order valence-corrected chi connectivity index (χ1v) is 35.6. The third-order valence-electron chi connectivity index (χ3n) is 23.6. The van der Waals surface area contributed by atoms with Crippen LogP contribution in [0.5, 0.6) is 5.75 Å². The van der Waals surface area contributed by atoms with Crippen LogP contribution in [0.2, 0.25) is 0 Å². The summed E-state index contributed by atoms with van der Waals surface area (Å²) in [5, 5.41) is 33.0. The van der Waals surface area contributed by atoms with Gasteiger partial charge in [0.25, 0.3) is 0 Å². The average molecular weight is 1390 g/mol. The van der Waals surface area contributed by atoms with Crippen molar-refractivity contribution < 1.29 is 54.8 Å². The lowest BCUT2D eigenvalue weighted by molar-refractivity contribution is -0.137. The number of nitrogens with two attached hydrogens (primary N) is 3. The van der Waals surface area contributed by atoms with Crippen LogP contribution in [0.4, 0.5) is 52.6 Å². The van der Waals surface area contributed by atoms with Crippen molar-refractivity contribution >= 4 is 17.5 Å². The van der Waals surface area contributed by atoms with E-state index >= 15 is 0 Å². The fourth-order valence-corrected chi connectivity index (χ4v) is 18.5. The first-order valence-electron chi connectivity index (χ1n) is 35.6. The number of likely N-dealkylation sites (tertiary alicyclic amines) is 2. The van der Waals surface area contributed by atoms with E-state index in [2.05, 4.69) is 82.8 Å². The molecule has 6 aromatic rings. The highest BCUT2D eigenvalue weighted by Crippen LogP contribution is 2.67. The van der Waals surface area contributed by atoms with Gasteiger partial charge in [0.05, 0.1) is 41.4 Å². The van der Waals surface area contributed by atoms with E-state index in [1.54, 1.807) is 6.20 Å². The van der Waals surface area contributed by atoms with Crippen LogP contribution < -0.4 is 21.9 Å². The highest BCUT2D eigenvalue weighted by Gasteiger charge is 2.61. The van der Waals surface area contributed by atoms with E-state index in [9.17, 15) is 45.3 Å². The Hall–Kier alpha value is -6.56. The minimum absolute atomic E-state index is 0.0642. The molecule has 10 heterocycles. The molecule has 6 aliphatic carbocycles. The summed E-state index contributed by atoms with van der Waals surface area (Å²) >= 11 is 0. The van der Waals surface area contributed by atoms with Gasteiger partial charge in [0.15, 0.2) is 11.6 Å². The van der Waals surface area contributed by atoms with Gasteiger partial charge in [0.2, 0.25) is 0 Å². The molecule has 6 saturated carbocycles. The number of halogens is 8. The number of anilines is 3. The van der Waals surface area contributed by atoms with Gasteiger partial charge in [-0.2, -0.15) is 50.4 Å². The normalized spacial score (nSPS) is 30.6. The second-order valence-electron chi connectivity index (χ2n) is 30.6. The molecule has 4 aliphatic heterocycles. The molecule has 0 amide bonds. The standard InChI is InChI=1S/C25H33F3N6O.C23H30F3N5O.C23H31F2N5O2/c1-14(2)34-22(10-21(31-34)15-7-20(25(26,27)28)24(29)30-11-15)23-18-8-16(9-19(18)23)33-4-3-32-5-6-35-13-17(32)12-33;1-12(2)31-20(8-19(29-31)14-5-18(23(24,25)26)22(27)28-9-14)21-16-6-15(7-17(16)21)30-4-3-13(10-30)11-32;1-12(2)30-19(8-18(28-30)14-5-20(32-23(24)25)22(26)27-9-14)21-16-6-15(7-17(16)21)29-4-3-13(10-29)11-31/h7,10-11,14,16-19,23H,3-6,8-9,12-13H2,1-2H3,(H2,29,30);5,8-9,12-13,15-17,21,32H,3-4,6-7,10-11H2,1-2H3,(H2,27,28);5,8-9,12-13,15-17,21,23,31H,3-4,6-7,10-11H2,1-2H3,(H2,26,27)/t16?,17?,18-,19+,23?;2*13-,15?,16-,17+,21?/m.11/s1. The number of nitrogen functional groups attached to an aromatic ring is 3. The monoisotopic (exact) mass is 1390 g/mol. The van der Waals surface area contributed by atoms with Crippen molar-refractivity contribution in [3.8, 4) is 39.5 Å². The lowest BCUT2D eigenvalue weighted by atomic mass is 10.0. The number of hydrogen-bond acceptors (Lipinski definition) is 17. The molecule has 10 fully saturated rings. The molecule has 0 spiro atoms. The van der Waals surface area contributed by atoms with Crippen molar-refractivity contribution in [3.63, 3.8) is 0 Å². The minimum atomic E-state index is -4.55. The largest absolute Gasteiger partial charge is 0.431 e. The number of alkyl halides is 8. The zero-order chi connectivity index (χ0) is 69.8. The molecule has 538 valence electrons. The van der Waals surface area contributed by atoms with Gasteiger partial charge in [0.1, 0.15) is 11.6 Å². The van der Waals surface area contributed by atoms with Gasteiger partial charge in [-0.1, -0.05) is 0 Å². The van der Waals surface area contributed by atoms with Crippen LogP contribution in [0.15, 0.2) is 55.0 Å². The van der Waals surface area contributed by atoms with Crippen molar-refractivity contribution in [3.05, 3.63) is 83.2 Å². The van der Waals surface area contributed by atoms with E-state index in [-0.39, 0.29) is 36.3 Å². The number of fused-ring (bicyclic) bond motifs is 4. The SMILES string of the molecule is CC(C)n1nc(-c2cnc(N)c(C(F)(F)F)c2)cc1C1[C@H]2CC(N3CCN4CCOCC4C3)C[C@@H]12.CC(C)n1nc(-c2cnc(N)c(C(F)(F)F)c2)cc1C1[C@H]2CC(N3CC[C@@H](CO)C3)C[C@@H]12.CC(C)n1nc(-c2cnc(N)c(OC(F)F)c2)cc1C1[C@H]2CC(N3CC[C@@H](CO)C3)C[C@@H]12. The number of pyridine rings is 3. The van der Waals surface area contributed by atoms with Crippen LogP contribution in [-0.4, -0.2) is 184 Å². The first-order chi connectivity index (χ1) is 47.2. The summed E-state index contributed by atoms with van der Waals surface area (Å²) in [5.74, 6) is 4.73. The predicted molar refractivity (Wildman–Crippen MR) is 357 cm³/mol. The number of aromatic nitrogens is 9. The molecular weight excluding hydrogens is 1290 g/mol. The van der Waals surface area contributed by atoms with E-state index in [4.69, 9.17) is 32.1 Å². The van der Waals surface area contributed by atoms with Crippen molar-refractivity contribution in [1.82, 2.24) is 63.9 Å². The van der Waals surface area contributed by atoms with Crippen LogP contribution in [0.25, 0.3) is 33.8 Å². The average Bonchev–Trinajstić information content (AvgIpc) is 1.57. The molecule has 10 aliphatic rings. The van der Waals surface area contributed by atoms with E-state index in [0.717, 1.165) is 115 Å². The zero-order valence-corrected chi connectivity index (χ0v) is 57.1. The van der Waals surface area contributed by atoms with Crippen LogP contribution in [0.1, 0.15) is 157 Å². The predicted octanol–water partition coefficient (Wildman–Crippen LogP) is 11.1. The molecule has 20 nitrogen and oxygen atoms in total. The maximum atomic E-state index is 13.4. The van der Waals surface area contributed by atoms with Crippen molar-refractivity contribution in [2.45, 2.75) is 172 Å². The fourth-order valence-electron chi connectivity index (χ4n) is 18.5. The topological polar surface area (TPSA) is 242 Å². The summed E-state index contributed by atoms with van der Waals surface area (Å²) in [7, 11) is 0. The third kappa shape index (κ3) is 14.0. The van der Waals surface area contributed by atoms with Crippen molar-refractivity contribution in [2.75, 3.05) is 96.0 Å². The molecule has 7 unspecified atom stereocenters. The number of nitrogens with zero attached hydrogens (tertiary/aromatic N) is 13. The zero-order valence-electron chi connectivity index (χ0n) is 57.1. The fraction of sp³-hybridized carbons (Fsp3) is 0.662. The molecule has 16 rings (SSSR count). The van der Waals surface area contributed by atoms with E-state index in [1.807, 2.05) is 35.3 Å². The molecule has 0 radical (unpaired) electrons. The highest BCUT2D eigenvalue weighted by atomic mass is 19.4. The molecular formula is C71H94F8N16O4. The molecule has 99 heavy (non-hydrogen) atoms. The highest BCUT2D eigenvalue weighted by molar-refractivity contribution is 5.66. The Balaban J connectivity index is 0.000000127. The summed E-state index contributed by atoms with van der Waals surface area (Å²) in [5.41, 5.74) is 21.3. The smallest absolute Gasteiger partial charge is 0.419 e. The summed E-state index contributed by atoms with van der Waals surface area (Å²) < 4.78 is 122. The molecule has 28 heteroatoms. The van der Waals surface area contributed by atoms with Gasteiger partial charge in [0, 0.05) is 165 Å². The number of hydrogen-bond donors (Lipinski definition) is 5.